The molecule has 0 radical (unpaired) electrons. The number of anilines is 1. The second-order valence-corrected chi connectivity index (χ2v) is 6.23. The van der Waals surface area contributed by atoms with Gasteiger partial charge in [-0.05, 0) is 37.5 Å². The number of aryl methyl sites for hydroxylation is 1. The van der Waals surface area contributed by atoms with Crippen LogP contribution in [0.25, 0.3) is 0 Å². The highest BCUT2D eigenvalue weighted by Gasteiger charge is 2.28. The third-order valence-corrected chi connectivity index (χ3v) is 4.13. The maximum absolute atomic E-state index is 12.2. The lowest BCUT2D eigenvalue weighted by Crippen LogP contribution is -2.39. The predicted molar refractivity (Wildman–Crippen MR) is 75.9 cm³/mol. The van der Waals surface area contributed by atoms with Crippen molar-refractivity contribution in [3.63, 3.8) is 0 Å². The van der Waals surface area contributed by atoms with E-state index in [-0.39, 0.29) is 11.9 Å². The molecule has 1 saturated carbocycles. The van der Waals surface area contributed by atoms with Crippen molar-refractivity contribution >= 4 is 11.6 Å². The van der Waals surface area contributed by atoms with Gasteiger partial charge in [-0.15, -0.1) is 0 Å². The lowest BCUT2D eigenvalue weighted by molar-refractivity contribution is 0.0905. The molecule has 0 unspecified atom stereocenters. The fraction of sp³-hybridized carbons (Fsp3) is 0.714. The van der Waals surface area contributed by atoms with Crippen LogP contribution in [0.15, 0.2) is 0 Å². The highest BCUT2D eigenvalue weighted by Crippen LogP contribution is 2.35. The molecular weight excluding hydrogens is 240 g/mol. The van der Waals surface area contributed by atoms with E-state index in [9.17, 15) is 4.79 Å². The van der Waals surface area contributed by atoms with Gasteiger partial charge in [0.1, 0.15) is 0 Å². The number of hydrogen-bond acceptors (Lipinski definition) is 3. The van der Waals surface area contributed by atoms with E-state index >= 15 is 0 Å². The maximum Gasteiger partial charge on any atom is 0.274 e. The van der Waals surface area contributed by atoms with E-state index in [4.69, 9.17) is 5.73 Å². The molecule has 19 heavy (non-hydrogen) atoms. The summed E-state index contributed by atoms with van der Waals surface area (Å²) in [5.41, 5.74) is 7.96. The number of aromatic nitrogens is 2. The molecule has 1 aliphatic carbocycles. The Morgan fingerprint density at radius 2 is 2.11 bits per heavy atom. The Labute approximate surface area is 114 Å². The van der Waals surface area contributed by atoms with Crippen LogP contribution in [-0.2, 0) is 6.42 Å². The summed E-state index contributed by atoms with van der Waals surface area (Å²) in [6.45, 7) is 6.54. The zero-order valence-corrected chi connectivity index (χ0v) is 12.0. The molecule has 0 aliphatic heterocycles. The lowest BCUT2D eigenvalue weighted by atomic mass is 9.75. The van der Waals surface area contributed by atoms with Gasteiger partial charge in [-0.25, -0.2) is 0 Å². The molecule has 1 aromatic heterocycles. The van der Waals surface area contributed by atoms with Crippen LogP contribution in [0.5, 0.6) is 0 Å². The number of nitrogens with two attached hydrogens (primary N) is 1. The molecule has 1 heterocycles. The van der Waals surface area contributed by atoms with E-state index in [0.29, 0.717) is 16.8 Å². The number of carbonyl (C=O) groups excluding carboxylic acids is 1. The number of amides is 1. The minimum atomic E-state index is -0.154. The van der Waals surface area contributed by atoms with E-state index < -0.39 is 0 Å². The lowest BCUT2D eigenvalue weighted by Gasteiger charge is -2.34. The molecule has 0 spiro atoms. The minimum Gasteiger partial charge on any atom is -0.395 e. The number of nitrogens with zero attached hydrogens (tertiary/aromatic N) is 1. The first kappa shape index (κ1) is 13.9. The predicted octanol–water partition coefficient (Wildman–Crippen LogP) is 2.25. The summed E-state index contributed by atoms with van der Waals surface area (Å²) < 4.78 is 0. The van der Waals surface area contributed by atoms with Crippen molar-refractivity contribution in [1.29, 1.82) is 0 Å². The van der Waals surface area contributed by atoms with Gasteiger partial charge in [0, 0.05) is 6.04 Å². The molecule has 0 bridgehead atoms. The number of nitrogens with one attached hydrogen (secondary N) is 2. The van der Waals surface area contributed by atoms with E-state index in [1.165, 1.54) is 0 Å². The topological polar surface area (TPSA) is 83.8 Å². The maximum atomic E-state index is 12.2. The molecule has 1 fully saturated rings. The summed E-state index contributed by atoms with van der Waals surface area (Å²) >= 11 is 0. The normalized spacial score (nSPS) is 19.3. The fourth-order valence-electron chi connectivity index (χ4n) is 2.63. The van der Waals surface area contributed by atoms with Crippen LogP contribution >= 0.6 is 0 Å². The second-order valence-electron chi connectivity index (χ2n) is 6.23. The number of nitrogen functional groups attached to an aromatic ring is 1. The van der Waals surface area contributed by atoms with E-state index in [0.717, 1.165) is 37.8 Å². The Hall–Kier alpha value is -1.52. The highest BCUT2D eigenvalue weighted by molar-refractivity contribution is 5.97. The van der Waals surface area contributed by atoms with Gasteiger partial charge in [-0.3, -0.25) is 9.89 Å². The highest BCUT2D eigenvalue weighted by atomic mass is 16.2. The molecular formula is C14H24N4O. The molecule has 5 nitrogen and oxygen atoms in total. The van der Waals surface area contributed by atoms with Crippen LogP contribution in [0.3, 0.4) is 0 Å². The molecule has 106 valence electrons. The van der Waals surface area contributed by atoms with Gasteiger partial charge in [0.05, 0.1) is 11.4 Å². The number of rotatable bonds is 3. The van der Waals surface area contributed by atoms with Crippen molar-refractivity contribution in [3.8, 4) is 0 Å². The summed E-state index contributed by atoms with van der Waals surface area (Å²) in [6, 6.07) is 0.252. The van der Waals surface area contributed by atoms with Crippen molar-refractivity contribution < 1.29 is 4.79 Å². The van der Waals surface area contributed by atoms with Gasteiger partial charge in [0.15, 0.2) is 5.69 Å². The summed E-state index contributed by atoms with van der Waals surface area (Å²) in [4.78, 5) is 12.2. The van der Waals surface area contributed by atoms with Crippen LogP contribution in [0, 0.1) is 5.41 Å². The van der Waals surface area contributed by atoms with E-state index in [1.807, 2.05) is 6.92 Å². The van der Waals surface area contributed by atoms with Crippen LogP contribution in [-0.4, -0.2) is 22.1 Å². The zero-order chi connectivity index (χ0) is 14.0. The van der Waals surface area contributed by atoms with Crippen molar-refractivity contribution in [3.05, 3.63) is 11.4 Å². The Kier molecular flexibility index (Phi) is 3.83. The van der Waals surface area contributed by atoms with E-state index in [1.54, 1.807) is 0 Å². The first-order valence-corrected chi connectivity index (χ1v) is 7.06. The van der Waals surface area contributed by atoms with Gasteiger partial charge in [0.2, 0.25) is 0 Å². The minimum absolute atomic E-state index is 0.154. The fourth-order valence-corrected chi connectivity index (χ4v) is 2.63. The Balaban J connectivity index is 1.96. The molecule has 0 aromatic carbocycles. The third-order valence-electron chi connectivity index (χ3n) is 4.13. The monoisotopic (exact) mass is 264 g/mol. The van der Waals surface area contributed by atoms with Crippen LogP contribution in [0.2, 0.25) is 0 Å². The first-order valence-electron chi connectivity index (χ1n) is 7.06. The van der Waals surface area contributed by atoms with Crippen molar-refractivity contribution in [2.45, 2.75) is 58.9 Å². The quantitative estimate of drug-likeness (QED) is 0.783. The molecule has 1 amide bonds. The second kappa shape index (κ2) is 5.23. The number of carbonyl (C=O) groups is 1. The Morgan fingerprint density at radius 3 is 2.63 bits per heavy atom. The van der Waals surface area contributed by atoms with Gasteiger partial charge in [-0.2, -0.15) is 5.10 Å². The van der Waals surface area contributed by atoms with Gasteiger partial charge in [-0.1, -0.05) is 20.8 Å². The molecule has 0 atom stereocenters. The third kappa shape index (κ3) is 3.08. The average molecular weight is 264 g/mol. The number of aromatic amines is 1. The molecule has 4 N–H and O–H groups in total. The summed E-state index contributed by atoms with van der Waals surface area (Å²) in [7, 11) is 0. The van der Waals surface area contributed by atoms with Crippen molar-refractivity contribution in [2.75, 3.05) is 5.73 Å². The van der Waals surface area contributed by atoms with Crippen molar-refractivity contribution in [1.82, 2.24) is 15.5 Å². The van der Waals surface area contributed by atoms with Gasteiger partial charge in [0.25, 0.3) is 5.91 Å². The SMILES string of the molecule is CCc1[nH]nc(C(=O)NC2CCC(C)(C)CC2)c1N. The summed E-state index contributed by atoms with van der Waals surface area (Å²) in [6.07, 6.45) is 5.11. The molecule has 5 heteroatoms. The zero-order valence-electron chi connectivity index (χ0n) is 12.0. The Morgan fingerprint density at radius 1 is 1.47 bits per heavy atom. The molecule has 2 rings (SSSR count). The smallest absolute Gasteiger partial charge is 0.274 e. The van der Waals surface area contributed by atoms with Gasteiger partial charge < -0.3 is 11.1 Å². The number of hydrogen-bond donors (Lipinski definition) is 3. The molecule has 0 saturated heterocycles. The molecule has 1 aliphatic rings. The first-order chi connectivity index (χ1) is 8.93. The van der Waals surface area contributed by atoms with E-state index in [2.05, 4.69) is 29.4 Å². The molecule has 1 aromatic rings. The Bertz CT molecular complexity index is 454. The largest absolute Gasteiger partial charge is 0.395 e. The van der Waals surface area contributed by atoms with Crippen LogP contribution in [0.4, 0.5) is 5.69 Å². The van der Waals surface area contributed by atoms with Crippen molar-refractivity contribution in [2.24, 2.45) is 5.41 Å². The average Bonchev–Trinajstić information content (AvgIpc) is 2.73. The summed E-state index contributed by atoms with van der Waals surface area (Å²) in [5, 5.41) is 9.89. The standard InChI is InChI=1S/C14H24N4O/c1-4-10-11(15)12(18-17-10)13(19)16-9-5-7-14(2,3)8-6-9/h9H,4-8,15H2,1-3H3,(H,16,19)(H,17,18). The summed E-state index contributed by atoms with van der Waals surface area (Å²) in [5.74, 6) is -0.154. The number of H-pyrrole nitrogens is 1. The van der Waals surface area contributed by atoms with Crippen LogP contribution in [0.1, 0.15) is 62.6 Å². The van der Waals surface area contributed by atoms with Gasteiger partial charge >= 0.3 is 0 Å². The van der Waals surface area contributed by atoms with Crippen LogP contribution < -0.4 is 11.1 Å².